The van der Waals surface area contributed by atoms with Gasteiger partial charge in [-0.1, -0.05) is 107 Å². The second kappa shape index (κ2) is 16.2. The fourth-order valence-corrected chi connectivity index (χ4v) is 7.93. The monoisotopic (exact) mass is 846 g/mol. The fourth-order valence-electron chi connectivity index (χ4n) is 7.13. The molecular weight excluding hydrogens is 814 g/mol. The highest BCUT2D eigenvalue weighted by Crippen LogP contribution is 2.49. The van der Waals surface area contributed by atoms with Crippen LogP contribution in [-0.2, 0) is 5.79 Å². The van der Waals surface area contributed by atoms with Crippen LogP contribution in [0.5, 0.6) is 23.0 Å². The zero-order chi connectivity index (χ0) is 40.6. The molecule has 1 aliphatic rings. The van der Waals surface area contributed by atoms with Gasteiger partial charge in [-0.25, -0.2) is 15.0 Å². The molecule has 58 heavy (non-hydrogen) atoms. The van der Waals surface area contributed by atoms with Gasteiger partial charge < -0.3 is 18.9 Å². The van der Waals surface area contributed by atoms with Gasteiger partial charge in [0.25, 0.3) is 5.79 Å². The number of ether oxygens (including phenoxy) is 4. The topological polar surface area (TPSA) is 79.5 Å². The van der Waals surface area contributed by atoms with Crippen LogP contribution in [0.1, 0.15) is 16.7 Å². The predicted molar refractivity (Wildman–Crippen MR) is 234 cm³/mol. The second-order valence-corrected chi connectivity index (χ2v) is 14.8. The van der Waals surface area contributed by atoms with Crippen LogP contribution in [-0.4, -0.2) is 49.4 Å². The molecular formula is C46H34Cl4N4O4. The number of hydrogen-bond donors (Lipinski definition) is 0. The van der Waals surface area contributed by atoms with Crippen molar-refractivity contribution in [2.45, 2.75) is 5.79 Å². The molecule has 2 heterocycles. The number of imidazole rings is 1. The molecule has 0 bridgehead atoms. The smallest absolute Gasteiger partial charge is 0.261 e. The molecule has 0 spiro atoms. The van der Waals surface area contributed by atoms with Crippen LogP contribution in [0.25, 0.3) is 33.9 Å². The van der Waals surface area contributed by atoms with E-state index >= 15 is 0 Å². The summed E-state index contributed by atoms with van der Waals surface area (Å²) in [4.78, 5) is 16.8. The van der Waals surface area contributed by atoms with Gasteiger partial charge in [0.1, 0.15) is 5.82 Å². The van der Waals surface area contributed by atoms with Gasteiger partial charge in [-0.3, -0.25) is 4.57 Å². The van der Waals surface area contributed by atoms with Crippen molar-refractivity contribution in [1.82, 2.24) is 9.55 Å². The zero-order valence-corrected chi connectivity index (χ0v) is 34.7. The van der Waals surface area contributed by atoms with Crippen molar-refractivity contribution < 1.29 is 18.9 Å². The van der Waals surface area contributed by atoms with Crippen LogP contribution >= 0.6 is 46.4 Å². The second-order valence-electron chi connectivity index (χ2n) is 13.1. The normalized spacial score (nSPS) is 14.8. The lowest BCUT2D eigenvalue weighted by Gasteiger charge is -2.30. The summed E-state index contributed by atoms with van der Waals surface area (Å²) < 4.78 is 24.8. The standard InChI is InChI=1S/C46H34Cl4N4O4/c1-55-37-23-17-27(25-39(37)57-3)41-43(31-11-5-8-14-34(31)48)53-46(52-41,29-19-21-30(47)22-20-29)54-44(32-12-6-9-15-35(32)49)42(28-18-24-38(56-2)40(26-28)58-4)51-45(54)33-13-7-10-16-36(33)50/h5-26H,1-4H3. The van der Waals surface area contributed by atoms with Crippen molar-refractivity contribution in [1.29, 1.82) is 0 Å². The maximum atomic E-state index is 7.19. The van der Waals surface area contributed by atoms with Crippen molar-refractivity contribution in [2.75, 3.05) is 28.4 Å². The molecule has 1 unspecified atom stereocenters. The lowest BCUT2D eigenvalue weighted by atomic mass is 9.99. The first-order valence-corrected chi connectivity index (χ1v) is 19.5. The van der Waals surface area contributed by atoms with E-state index in [2.05, 4.69) is 0 Å². The van der Waals surface area contributed by atoms with E-state index in [9.17, 15) is 0 Å². The Balaban J connectivity index is 1.59. The fraction of sp³-hybridized carbons (Fsp3) is 0.109. The largest absolute Gasteiger partial charge is 0.493 e. The molecule has 0 saturated carbocycles. The van der Waals surface area contributed by atoms with Crippen molar-refractivity contribution in [3.8, 4) is 56.9 Å². The molecule has 0 saturated heterocycles. The van der Waals surface area contributed by atoms with E-state index in [1.54, 1.807) is 28.4 Å². The molecule has 8 nitrogen and oxygen atoms in total. The highest BCUT2D eigenvalue weighted by molar-refractivity contribution is 6.56. The Hall–Kier alpha value is -5.77. The first-order chi connectivity index (χ1) is 28.2. The van der Waals surface area contributed by atoms with E-state index in [1.807, 2.05) is 138 Å². The van der Waals surface area contributed by atoms with Crippen LogP contribution in [0.2, 0.25) is 20.1 Å². The minimum absolute atomic E-state index is 0.458. The number of hydrogen-bond acceptors (Lipinski definition) is 7. The molecule has 1 atom stereocenters. The number of rotatable bonds is 11. The Labute approximate surface area is 355 Å². The van der Waals surface area contributed by atoms with E-state index < -0.39 is 5.79 Å². The maximum absolute atomic E-state index is 7.19. The highest BCUT2D eigenvalue weighted by Gasteiger charge is 2.46. The number of aliphatic imine (C=N–C) groups is 2. The molecule has 1 aliphatic heterocycles. The Kier molecular flexibility index (Phi) is 10.9. The Morgan fingerprint density at radius 1 is 0.483 bits per heavy atom. The van der Waals surface area contributed by atoms with Crippen LogP contribution in [0.3, 0.4) is 0 Å². The summed E-state index contributed by atoms with van der Waals surface area (Å²) in [7, 11) is 6.36. The molecule has 12 heteroatoms. The van der Waals surface area contributed by atoms with Gasteiger partial charge in [-0.15, -0.1) is 0 Å². The summed E-state index contributed by atoms with van der Waals surface area (Å²) in [5.74, 6) is 0.980. The molecule has 0 radical (unpaired) electrons. The van der Waals surface area contributed by atoms with Crippen molar-refractivity contribution >= 4 is 57.8 Å². The van der Waals surface area contributed by atoms with Gasteiger partial charge in [0.05, 0.1) is 61.3 Å². The lowest BCUT2D eigenvalue weighted by Crippen LogP contribution is -2.31. The molecule has 0 fully saturated rings. The minimum Gasteiger partial charge on any atom is -0.493 e. The summed E-state index contributed by atoms with van der Waals surface area (Å²) in [6, 6.07) is 41.3. The van der Waals surface area contributed by atoms with E-state index in [-0.39, 0.29) is 0 Å². The highest BCUT2D eigenvalue weighted by atomic mass is 35.5. The number of methoxy groups -OCH3 is 4. The molecule has 0 amide bonds. The lowest BCUT2D eigenvalue weighted by molar-refractivity contribution is 0.355. The maximum Gasteiger partial charge on any atom is 0.261 e. The van der Waals surface area contributed by atoms with Crippen LogP contribution in [0.4, 0.5) is 0 Å². The number of aromatic nitrogens is 2. The van der Waals surface area contributed by atoms with Gasteiger partial charge in [0.15, 0.2) is 23.0 Å². The molecule has 1 aromatic heterocycles. The third kappa shape index (κ3) is 6.86. The average Bonchev–Trinajstić information content (AvgIpc) is 3.85. The van der Waals surface area contributed by atoms with E-state index in [0.717, 1.165) is 0 Å². The number of halogens is 4. The summed E-state index contributed by atoms with van der Waals surface area (Å²) in [6.45, 7) is 0. The van der Waals surface area contributed by atoms with Crippen molar-refractivity contribution in [3.05, 3.63) is 170 Å². The number of benzene rings is 6. The van der Waals surface area contributed by atoms with E-state index in [0.29, 0.717) is 105 Å². The summed E-state index contributed by atoms with van der Waals surface area (Å²) >= 11 is 27.9. The van der Waals surface area contributed by atoms with E-state index in [1.165, 1.54) is 0 Å². The molecule has 290 valence electrons. The summed E-state index contributed by atoms with van der Waals surface area (Å²) in [5.41, 5.74) is 6.23. The number of nitrogens with zero attached hydrogens (tertiary/aromatic N) is 4. The third-order valence-corrected chi connectivity index (χ3v) is 11.1. The van der Waals surface area contributed by atoms with Gasteiger partial charge in [-0.05, 0) is 72.8 Å². The summed E-state index contributed by atoms with van der Waals surface area (Å²) in [6.07, 6.45) is 0. The summed E-state index contributed by atoms with van der Waals surface area (Å²) in [5, 5.41) is 1.95. The minimum atomic E-state index is -1.62. The Morgan fingerprint density at radius 3 is 1.52 bits per heavy atom. The van der Waals surface area contributed by atoms with Crippen molar-refractivity contribution in [3.63, 3.8) is 0 Å². The van der Waals surface area contributed by atoms with Crippen LogP contribution < -0.4 is 18.9 Å². The van der Waals surface area contributed by atoms with Gasteiger partial charge >= 0.3 is 0 Å². The average molecular weight is 849 g/mol. The van der Waals surface area contributed by atoms with Crippen LogP contribution in [0.15, 0.2) is 143 Å². The molecule has 0 aliphatic carbocycles. The Morgan fingerprint density at radius 2 is 0.966 bits per heavy atom. The quantitative estimate of drug-likeness (QED) is 0.130. The van der Waals surface area contributed by atoms with Gasteiger partial charge in [0.2, 0.25) is 0 Å². The van der Waals surface area contributed by atoms with E-state index in [4.69, 9.17) is 80.3 Å². The van der Waals surface area contributed by atoms with Gasteiger partial charge in [-0.2, -0.15) is 0 Å². The Bertz CT molecular complexity index is 2750. The van der Waals surface area contributed by atoms with Crippen LogP contribution in [0, 0.1) is 0 Å². The first kappa shape index (κ1) is 39.1. The third-order valence-electron chi connectivity index (χ3n) is 9.87. The zero-order valence-electron chi connectivity index (χ0n) is 31.6. The first-order valence-electron chi connectivity index (χ1n) is 18.0. The molecule has 8 rings (SSSR count). The molecule has 6 aromatic carbocycles. The predicted octanol–water partition coefficient (Wildman–Crippen LogP) is 12.2. The SMILES string of the molecule is COc1ccc(C2=NC(c3ccc(Cl)cc3)(n3c(-c4ccccc4Cl)nc(-c4ccc(OC)c(OC)c4)c3-c3ccccc3Cl)N=C2c2ccccc2Cl)cc1OC. The molecule has 0 N–H and O–H groups in total. The van der Waals surface area contributed by atoms with Gasteiger partial charge in [0, 0.05) is 43.4 Å². The van der Waals surface area contributed by atoms with Crippen molar-refractivity contribution in [2.24, 2.45) is 9.98 Å². The molecule has 7 aromatic rings.